The van der Waals surface area contributed by atoms with Crippen LogP contribution >= 0.6 is 31.9 Å². The molecule has 0 aliphatic rings. The van der Waals surface area contributed by atoms with E-state index >= 15 is 0 Å². The van der Waals surface area contributed by atoms with E-state index < -0.39 is 0 Å². The summed E-state index contributed by atoms with van der Waals surface area (Å²) in [4.78, 5) is 23.9. The highest BCUT2D eigenvalue weighted by atomic mass is 79.9. The van der Waals surface area contributed by atoms with Gasteiger partial charge in [-0.25, -0.2) is 0 Å². The second-order valence-corrected chi connectivity index (χ2v) is 6.77. The molecule has 7 heteroatoms. The first-order valence-electron chi connectivity index (χ1n) is 6.97. The summed E-state index contributed by atoms with van der Waals surface area (Å²) < 4.78 is 6.65. The minimum absolute atomic E-state index is 0.163. The number of anilines is 1. The molecule has 122 valence electrons. The largest absolute Gasteiger partial charge is 0.444 e. The molecule has 0 bridgehead atoms. The van der Waals surface area contributed by atoms with E-state index in [0.29, 0.717) is 4.67 Å². The number of halogens is 2. The predicted molar refractivity (Wildman–Crippen MR) is 95.6 cm³/mol. The quantitative estimate of drug-likeness (QED) is 0.727. The molecule has 0 saturated carbocycles. The number of benzene rings is 1. The lowest BCUT2D eigenvalue weighted by atomic mass is 10.2. The third-order valence-electron chi connectivity index (χ3n) is 3.21. The van der Waals surface area contributed by atoms with Crippen LogP contribution in [0.1, 0.15) is 28.1 Å². The molecule has 0 saturated heterocycles. The fourth-order valence-corrected chi connectivity index (χ4v) is 2.85. The van der Waals surface area contributed by atoms with Crippen LogP contribution in [0, 0.1) is 13.8 Å². The normalized spacial score (nSPS) is 10.4. The van der Waals surface area contributed by atoms with Crippen molar-refractivity contribution in [1.82, 2.24) is 5.32 Å². The maximum absolute atomic E-state index is 12.0. The number of hydrogen-bond acceptors (Lipinski definition) is 3. The van der Waals surface area contributed by atoms with Crippen molar-refractivity contribution in [3.63, 3.8) is 0 Å². The van der Waals surface area contributed by atoms with Crippen LogP contribution in [0.2, 0.25) is 0 Å². The van der Waals surface area contributed by atoms with E-state index in [1.54, 1.807) is 13.0 Å². The van der Waals surface area contributed by atoms with Gasteiger partial charge in [0.2, 0.25) is 5.91 Å². The Hall–Kier alpha value is -1.60. The molecular weight excluding hydrogens is 428 g/mol. The average Bonchev–Trinajstić information content (AvgIpc) is 2.81. The fourth-order valence-electron chi connectivity index (χ4n) is 1.98. The Balaban J connectivity index is 1.84. The van der Waals surface area contributed by atoms with E-state index in [9.17, 15) is 9.59 Å². The molecule has 0 aliphatic carbocycles. The van der Waals surface area contributed by atoms with Crippen molar-refractivity contribution in [2.24, 2.45) is 0 Å². The van der Waals surface area contributed by atoms with Crippen molar-refractivity contribution < 1.29 is 14.0 Å². The lowest BCUT2D eigenvalue weighted by molar-refractivity contribution is -0.116. The summed E-state index contributed by atoms with van der Waals surface area (Å²) in [6.07, 6.45) is 0.179. The van der Waals surface area contributed by atoms with Crippen molar-refractivity contribution in [3.05, 3.63) is 50.3 Å². The molecule has 5 nitrogen and oxygen atoms in total. The van der Waals surface area contributed by atoms with Crippen LogP contribution < -0.4 is 10.6 Å². The van der Waals surface area contributed by atoms with Crippen LogP contribution in [0.25, 0.3) is 0 Å². The summed E-state index contributed by atoms with van der Waals surface area (Å²) in [6, 6.07) is 7.39. The minimum atomic E-state index is -0.334. The summed E-state index contributed by atoms with van der Waals surface area (Å²) in [6.45, 7) is 3.93. The third-order valence-corrected chi connectivity index (χ3v) is 4.09. The summed E-state index contributed by atoms with van der Waals surface area (Å²) >= 11 is 6.55. The Morgan fingerprint density at radius 2 is 1.87 bits per heavy atom. The number of nitrogens with one attached hydrogen (secondary N) is 2. The molecule has 1 aromatic heterocycles. The molecule has 2 aromatic rings. The van der Waals surface area contributed by atoms with Gasteiger partial charge in [0, 0.05) is 28.7 Å². The maximum Gasteiger partial charge on any atom is 0.287 e. The van der Waals surface area contributed by atoms with E-state index in [1.165, 1.54) is 0 Å². The van der Waals surface area contributed by atoms with Crippen LogP contribution in [-0.2, 0) is 4.79 Å². The van der Waals surface area contributed by atoms with E-state index in [1.807, 2.05) is 25.1 Å². The fraction of sp³-hybridized carbons (Fsp3) is 0.250. The first-order valence-corrected chi connectivity index (χ1v) is 8.55. The molecule has 23 heavy (non-hydrogen) atoms. The number of carbonyl (C=O) groups excluding carboxylic acids is 2. The number of amides is 2. The first kappa shape index (κ1) is 17.7. The molecule has 0 spiro atoms. The lowest BCUT2D eigenvalue weighted by Gasteiger charge is -2.09. The molecule has 1 aromatic carbocycles. The highest BCUT2D eigenvalue weighted by molar-refractivity contribution is 9.10. The van der Waals surface area contributed by atoms with Crippen molar-refractivity contribution in [2.45, 2.75) is 20.3 Å². The van der Waals surface area contributed by atoms with Crippen molar-refractivity contribution in [3.8, 4) is 0 Å². The van der Waals surface area contributed by atoms with Gasteiger partial charge in [0.1, 0.15) is 0 Å². The summed E-state index contributed by atoms with van der Waals surface area (Å²) in [5, 5.41) is 5.50. The second kappa shape index (κ2) is 7.79. The number of hydrogen-bond donors (Lipinski definition) is 2. The maximum atomic E-state index is 12.0. The van der Waals surface area contributed by atoms with Gasteiger partial charge in [0.15, 0.2) is 10.4 Å². The van der Waals surface area contributed by atoms with Gasteiger partial charge in [0.05, 0.1) is 0 Å². The zero-order valence-corrected chi connectivity index (χ0v) is 15.9. The van der Waals surface area contributed by atoms with Gasteiger partial charge < -0.3 is 15.1 Å². The Morgan fingerprint density at radius 3 is 2.52 bits per heavy atom. The SMILES string of the molecule is Cc1ccc(Br)cc1NC(=O)CCNC(=O)c1oc(Br)cc1C. The van der Waals surface area contributed by atoms with Crippen LogP contribution in [0.4, 0.5) is 5.69 Å². The lowest BCUT2D eigenvalue weighted by Crippen LogP contribution is -2.27. The molecule has 2 rings (SSSR count). The van der Waals surface area contributed by atoms with E-state index in [0.717, 1.165) is 21.3 Å². The average molecular weight is 444 g/mol. The van der Waals surface area contributed by atoms with Crippen LogP contribution in [0.3, 0.4) is 0 Å². The smallest absolute Gasteiger partial charge is 0.287 e. The number of carbonyl (C=O) groups is 2. The highest BCUT2D eigenvalue weighted by Gasteiger charge is 2.15. The highest BCUT2D eigenvalue weighted by Crippen LogP contribution is 2.21. The second-order valence-electron chi connectivity index (χ2n) is 5.08. The van der Waals surface area contributed by atoms with Gasteiger partial charge in [0.25, 0.3) is 5.91 Å². The van der Waals surface area contributed by atoms with Gasteiger partial charge in [-0.1, -0.05) is 22.0 Å². The molecule has 0 atom stereocenters. The van der Waals surface area contributed by atoms with E-state index in [4.69, 9.17) is 4.42 Å². The molecule has 2 N–H and O–H groups in total. The van der Waals surface area contributed by atoms with Crippen LogP contribution in [0.5, 0.6) is 0 Å². The van der Waals surface area contributed by atoms with Crippen molar-refractivity contribution in [1.29, 1.82) is 0 Å². The summed E-state index contributed by atoms with van der Waals surface area (Å²) in [5.74, 6) is -0.247. The topological polar surface area (TPSA) is 71.3 Å². The van der Waals surface area contributed by atoms with Gasteiger partial charge in [-0.05, 0) is 53.5 Å². The molecule has 0 radical (unpaired) electrons. The molecule has 1 heterocycles. The monoisotopic (exact) mass is 442 g/mol. The zero-order valence-electron chi connectivity index (χ0n) is 12.7. The molecule has 0 unspecified atom stereocenters. The zero-order chi connectivity index (χ0) is 17.0. The Labute approximate surface area is 151 Å². The van der Waals surface area contributed by atoms with Crippen LogP contribution in [-0.4, -0.2) is 18.4 Å². The van der Waals surface area contributed by atoms with Gasteiger partial charge in [-0.3, -0.25) is 9.59 Å². The number of furan rings is 1. The van der Waals surface area contributed by atoms with E-state index in [2.05, 4.69) is 42.5 Å². The first-order chi connectivity index (χ1) is 10.9. The standard InChI is InChI=1S/C16H16Br2N2O3/c1-9-3-4-11(17)8-12(9)20-14(21)5-6-19-16(22)15-10(2)7-13(18)23-15/h3-4,7-8H,5-6H2,1-2H3,(H,19,22)(H,20,21). The molecule has 0 fully saturated rings. The van der Waals surface area contributed by atoms with Gasteiger partial charge >= 0.3 is 0 Å². The van der Waals surface area contributed by atoms with Crippen LogP contribution in [0.15, 0.2) is 37.8 Å². The molecule has 0 aliphatic heterocycles. The summed E-state index contributed by atoms with van der Waals surface area (Å²) in [7, 11) is 0. The summed E-state index contributed by atoms with van der Waals surface area (Å²) in [5.41, 5.74) is 2.46. The van der Waals surface area contributed by atoms with E-state index in [-0.39, 0.29) is 30.5 Å². The molecule has 2 amide bonds. The Kier molecular flexibility index (Phi) is 6.01. The van der Waals surface area contributed by atoms with Crippen molar-refractivity contribution >= 4 is 49.4 Å². The van der Waals surface area contributed by atoms with Crippen molar-refractivity contribution in [2.75, 3.05) is 11.9 Å². The Bertz CT molecular complexity index is 741. The minimum Gasteiger partial charge on any atom is -0.444 e. The number of rotatable bonds is 5. The Morgan fingerprint density at radius 1 is 1.13 bits per heavy atom. The van der Waals surface area contributed by atoms with Gasteiger partial charge in [-0.2, -0.15) is 0 Å². The molecular formula is C16H16Br2N2O3. The number of aryl methyl sites for hydroxylation is 2. The predicted octanol–water partition coefficient (Wildman–Crippen LogP) is 4.18. The third kappa shape index (κ3) is 4.94. The van der Waals surface area contributed by atoms with Gasteiger partial charge in [-0.15, -0.1) is 0 Å².